The van der Waals surface area contributed by atoms with Crippen LogP contribution in [-0.4, -0.2) is 44.8 Å². The zero-order valence-corrected chi connectivity index (χ0v) is 15.5. The predicted octanol–water partition coefficient (Wildman–Crippen LogP) is 2.73. The lowest BCUT2D eigenvalue weighted by Crippen LogP contribution is -2.43. The van der Waals surface area contributed by atoms with Crippen molar-refractivity contribution in [2.45, 2.75) is 44.7 Å². The standard InChI is InChI=1S/C20H24N4O3/c1-14(15-7-3-2-4-8-15)24-12-16(11-18(24)25)20(26)23-10-6-5-9-17(23)19-21-13-27-22-19/h2-4,7-8,13-14,16-17H,5-6,9-12H2,1H3. The van der Waals surface area contributed by atoms with Gasteiger partial charge < -0.3 is 14.3 Å². The summed E-state index contributed by atoms with van der Waals surface area (Å²) in [7, 11) is 0. The molecule has 7 nitrogen and oxygen atoms in total. The Bertz CT molecular complexity index is 793. The molecule has 3 unspecified atom stereocenters. The predicted molar refractivity (Wildman–Crippen MR) is 97.3 cm³/mol. The van der Waals surface area contributed by atoms with Gasteiger partial charge in [-0.05, 0) is 31.7 Å². The number of piperidine rings is 1. The molecular weight excluding hydrogens is 344 g/mol. The normalized spacial score (nSPS) is 24.3. The van der Waals surface area contributed by atoms with Crippen LogP contribution in [-0.2, 0) is 9.59 Å². The van der Waals surface area contributed by atoms with E-state index in [1.165, 1.54) is 6.39 Å². The Hall–Kier alpha value is -2.70. The van der Waals surface area contributed by atoms with Crippen molar-refractivity contribution >= 4 is 11.8 Å². The Labute approximate surface area is 158 Å². The number of hydrogen-bond donors (Lipinski definition) is 0. The van der Waals surface area contributed by atoms with Crippen LogP contribution in [0.5, 0.6) is 0 Å². The first kappa shape index (κ1) is 17.7. The molecule has 0 aliphatic carbocycles. The van der Waals surface area contributed by atoms with Crippen molar-refractivity contribution in [1.29, 1.82) is 0 Å². The number of aromatic nitrogens is 2. The van der Waals surface area contributed by atoms with Crippen LogP contribution in [0.1, 0.15) is 56.1 Å². The number of benzene rings is 1. The lowest BCUT2D eigenvalue weighted by atomic mass is 9.98. The average molecular weight is 368 g/mol. The molecule has 2 aliphatic rings. The highest BCUT2D eigenvalue weighted by atomic mass is 16.5. The molecule has 2 saturated heterocycles. The van der Waals surface area contributed by atoms with E-state index in [0.717, 1.165) is 24.8 Å². The zero-order chi connectivity index (χ0) is 18.8. The Kier molecular flexibility index (Phi) is 4.92. The van der Waals surface area contributed by atoms with Crippen LogP contribution >= 0.6 is 0 Å². The van der Waals surface area contributed by atoms with Gasteiger partial charge in [-0.2, -0.15) is 4.98 Å². The van der Waals surface area contributed by atoms with Crippen LogP contribution in [0.25, 0.3) is 0 Å². The first-order chi connectivity index (χ1) is 13.1. The monoisotopic (exact) mass is 368 g/mol. The quantitative estimate of drug-likeness (QED) is 0.829. The average Bonchev–Trinajstić information content (AvgIpc) is 3.37. The lowest BCUT2D eigenvalue weighted by molar-refractivity contribution is -0.139. The molecule has 0 spiro atoms. The number of nitrogens with zero attached hydrogens (tertiary/aromatic N) is 4. The molecule has 2 fully saturated rings. The van der Waals surface area contributed by atoms with Gasteiger partial charge in [0, 0.05) is 19.5 Å². The van der Waals surface area contributed by atoms with E-state index >= 15 is 0 Å². The van der Waals surface area contributed by atoms with Crippen LogP contribution in [0.3, 0.4) is 0 Å². The smallest absolute Gasteiger partial charge is 0.228 e. The Morgan fingerprint density at radius 3 is 2.81 bits per heavy atom. The summed E-state index contributed by atoms with van der Waals surface area (Å²) in [4.78, 5) is 33.7. The van der Waals surface area contributed by atoms with Gasteiger partial charge in [-0.1, -0.05) is 35.5 Å². The van der Waals surface area contributed by atoms with E-state index in [1.54, 1.807) is 0 Å². The number of amides is 2. The van der Waals surface area contributed by atoms with E-state index in [2.05, 4.69) is 10.1 Å². The zero-order valence-electron chi connectivity index (χ0n) is 15.5. The Balaban J connectivity index is 1.48. The highest BCUT2D eigenvalue weighted by Crippen LogP contribution is 2.34. The summed E-state index contributed by atoms with van der Waals surface area (Å²) in [6.07, 6.45) is 4.39. The molecule has 3 atom stereocenters. The third kappa shape index (κ3) is 3.46. The molecule has 142 valence electrons. The summed E-state index contributed by atoms with van der Waals surface area (Å²) in [5.74, 6) is 0.316. The van der Waals surface area contributed by atoms with Crippen molar-refractivity contribution in [1.82, 2.24) is 19.9 Å². The topological polar surface area (TPSA) is 79.5 Å². The summed E-state index contributed by atoms with van der Waals surface area (Å²) >= 11 is 0. The molecule has 1 aromatic carbocycles. The first-order valence-corrected chi connectivity index (χ1v) is 9.56. The summed E-state index contributed by atoms with van der Waals surface area (Å²) in [5, 5.41) is 3.94. The molecule has 0 N–H and O–H groups in total. The van der Waals surface area contributed by atoms with Crippen molar-refractivity contribution in [3.8, 4) is 0 Å². The summed E-state index contributed by atoms with van der Waals surface area (Å²) in [6, 6.07) is 9.75. The minimum absolute atomic E-state index is 0.0283. The number of likely N-dealkylation sites (tertiary alicyclic amines) is 2. The summed E-state index contributed by atoms with van der Waals surface area (Å²) in [5.41, 5.74) is 1.08. The molecule has 4 rings (SSSR count). The molecule has 2 aromatic rings. The first-order valence-electron chi connectivity index (χ1n) is 9.56. The van der Waals surface area contributed by atoms with Crippen molar-refractivity contribution in [3.05, 3.63) is 48.1 Å². The maximum absolute atomic E-state index is 13.2. The van der Waals surface area contributed by atoms with Crippen LogP contribution in [0, 0.1) is 5.92 Å². The van der Waals surface area contributed by atoms with Crippen molar-refractivity contribution < 1.29 is 14.1 Å². The van der Waals surface area contributed by atoms with Crippen LogP contribution < -0.4 is 0 Å². The largest absolute Gasteiger partial charge is 0.343 e. The highest BCUT2D eigenvalue weighted by molar-refractivity contribution is 5.89. The Morgan fingerprint density at radius 2 is 2.07 bits per heavy atom. The molecule has 0 radical (unpaired) electrons. The number of hydrogen-bond acceptors (Lipinski definition) is 5. The second kappa shape index (κ2) is 7.50. The van der Waals surface area contributed by atoms with E-state index in [0.29, 0.717) is 18.9 Å². The molecule has 7 heteroatoms. The SMILES string of the molecule is CC(c1ccccc1)N1CC(C(=O)N2CCCCC2c2ncon2)CC1=O. The maximum Gasteiger partial charge on any atom is 0.228 e. The van der Waals surface area contributed by atoms with Crippen LogP contribution in [0.4, 0.5) is 0 Å². The molecular formula is C20H24N4O3. The van der Waals surface area contributed by atoms with Gasteiger partial charge in [0.25, 0.3) is 0 Å². The van der Waals surface area contributed by atoms with Gasteiger partial charge >= 0.3 is 0 Å². The van der Waals surface area contributed by atoms with Crippen LogP contribution in [0.2, 0.25) is 0 Å². The molecule has 0 bridgehead atoms. The summed E-state index contributed by atoms with van der Waals surface area (Å²) in [6.45, 7) is 3.16. The molecule has 0 saturated carbocycles. The van der Waals surface area contributed by atoms with Crippen LogP contribution in [0.15, 0.2) is 41.2 Å². The second-order valence-electron chi connectivity index (χ2n) is 7.37. The van der Waals surface area contributed by atoms with Gasteiger partial charge in [0.2, 0.25) is 18.2 Å². The molecule has 2 aliphatic heterocycles. The van der Waals surface area contributed by atoms with Crippen molar-refractivity contribution in [2.24, 2.45) is 5.92 Å². The van der Waals surface area contributed by atoms with E-state index in [-0.39, 0.29) is 36.2 Å². The maximum atomic E-state index is 13.2. The minimum Gasteiger partial charge on any atom is -0.343 e. The van der Waals surface area contributed by atoms with Crippen molar-refractivity contribution in [2.75, 3.05) is 13.1 Å². The third-order valence-corrected chi connectivity index (χ3v) is 5.72. The van der Waals surface area contributed by atoms with Gasteiger partial charge in [-0.25, -0.2) is 0 Å². The van der Waals surface area contributed by atoms with E-state index < -0.39 is 0 Å². The van der Waals surface area contributed by atoms with E-state index in [4.69, 9.17) is 4.52 Å². The fourth-order valence-corrected chi connectivity index (χ4v) is 4.21. The lowest BCUT2D eigenvalue weighted by Gasteiger charge is -2.35. The van der Waals surface area contributed by atoms with Gasteiger partial charge in [-0.3, -0.25) is 9.59 Å². The van der Waals surface area contributed by atoms with Gasteiger partial charge in [0.1, 0.15) is 0 Å². The fourth-order valence-electron chi connectivity index (χ4n) is 4.21. The fraction of sp³-hybridized carbons (Fsp3) is 0.500. The second-order valence-corrected chi connectivity index (χ2v) is 7.37. The van der Waals surface area contributed by atoms with E-state index in [9.17, 15) is 9.59 Å². The molecule has 3 heterocycles. The van der Waals surface area contributed by atoms with Gasteiger partial charge in [0.15, 0.2) is 5.82 Å². The third-order valence-electron chi connectivity index (χ3n) is 5.72. The van der Waals surface area contributed by atoms with E-state index in [1.807, 2.05) is 47.1 Å². The van der Waals surface area contributed by atoms with Gasteiger partial charge in [0.05, 0.1) is 18.0 Å². The molecule has 1 aromatic heterocycles. The van der Waals surface area contributed by atoms with Gasteiger partial charge in [-0.15, -0.1) is 0 Å². The van der Waals surface area contributed by atoms with Crippen molar-refractivity contribution in [3.63, 3.8) is 0 Å². The Morgan fingerprint density at radius 1 is 1.26 bits per heavy atom. The minimum atomic E-state index is -0.309. The number of carbonyl (C=O) groups is 2. The number of rotatable bonds is 4. The molecule has 27 heavy (non-hydrogen) atoms. The highest BCUT2D eigenvalue weighted by Gasteiger charge is 2.41. The molecule has 2 amide bonds. The number of carbonyl (C=O) groups excluding carboxylic acids is 2. The summed E-state index contributed by atoms with van der Waals surface area (Å²) < 4.78 is 4.87.